The van der Waals surface area contributed by atoms with Gasteiger partial charge in [-0.2, -0.15) is 0 Å². The second kappa shape index (κ2) is 7.85. The molecule has 2 fully saturated rings. The molecule has 28 heavy (non-hydrogen) atoms. The molecule has 7 nitrogen and oxygen atoms in total. The van der Waals surface area contributed by atoms with Crippen molar-refractivity contribution in [2.75, 3.05) is 36.5 Å². The summed E-state index contributed by atoms with van der Waals surface area (Å²) in [6.45, 7) is 7.21. The van der Waals surface area contributed by atoms with Crippen molar-refractivity contribution in [3.05, 3.63) is 47.7 Å². The summed E-state index contributed by atoms with van der Waals surface area (Å²) in [5.74, 6) is 0.557. The molecule has 0 saturated carbocycles. The van der Waals surface area contributed by atoms with Crippen molar-refractivity contribution in [3.8, 4) is 0 Å². The zero-order valence-corrected chi connectivity index (χ0v) is 16.4. The fourth-order valence-electron chi connectivity index (χ4n) is 3.62. The maximum absolute atomic E-state index is 12.4. The Hall–Kier alpha value is -2.51. The van der Waals surface area contributed by atoms with Crippen LogP contribution >= 0.6 is 0 Å². The third-order valence-electron chi connectivity index (χ3n) is 5.38. The van der Waals surface area contributed by atoms with E-state index in [-0.39, 0.29) is 5.91 Å². The lowest BCUT2D eigenvalue weighted by atomic mass is 10.0. The number of nitrogens with zero attached hydrogens (tertiary/aromatic N) is 3. The van der Waals surface area contributed by atoms with Gasteiger partial charge in [0.25, 0.3) is 5.91 Å². The smallest absolute Gasteiger partial charge is 0.276 e. The first-order valence-electron chi connectivity index (χ1n) is 9.83. The number of nitrogens with one attached hydrogen (secondary N) is 1. The number of rotatable bonds is 4. The number of aromatic nitrogens is 2. The Morgan fingerprint density at radius 1 is 1.04 bits per heavy atom. The van der Waals surface area contributed by atoms with Crippen LogP contribution in [0.1, 0.15) is 48.7 Å². The highest BCUT2D eigenvalue weighted by atomic mass is 16.7. The van der Waals surface area contributed by atoms with E-state index in [1.807, 2.05) is 30.3 Å². The second-order valence-electron chi connectivity index (χ2n) is 7.60. The lowest BCUT2D eigenvalue weighted by molar-refractivity contribution is -0.169. The van der Waals surface area contributed by atoms with E-state index in [1.165, 1.54) is 5.56 Å². The number of piperidine rings is 1. The minimum absolute atomic E-state index is 0.262. The molecule has 4 rings (SSSR count). The highest BCUT2D eigenvalue weighted by Crippen LogP contribution is 2.32. The van der Waals surface area contributed by atoms with E-state index in [2.05, 4.69) is 34.3 Å². The van der Waals surface area contributed by atoms with E-state index < -0.39 is 5.79 Å². The number of carbonyl (C=O) groups excluding carboxylic acids is 1. The average Bonchev–Trinajstić information content (AvgIpc) is 3.17. The Kier molecular flexibility index (Phi) is 5.28. The highest BCUT2D eigenvalue weighted by molar-refractivity contribution is 6.02. The number of benzene rings is 1. The number of hydrogen-bond donors (Lipinski definition) is 1. The van der Waals surface area contributed by atoms with Gasteiger partial charge in [-0.15, -0.1) is 10.2 Å². The number of amides is 1. The second-order valence-corrected chi connectivity index (χ2v) is 7.60. The van der Waals surface area contributed by atoms with Crippen molar-refractivity contribution in [1.82, 2.24) is 10.2 Å². The summed E-state index contributed by atoms with van der Waals surface area (Å²) >= 11 is 0. The molecule has 148 valence electrons. The minimum atomic E-state index is -0.408. The zero-order chi connectivity index (χ0) is 19.6. The van der Waals surface area contributed by atoms with Crippen LogP contribution in [0.2, 0.25) is 0 Å². The van der Waals surface area contributed by atoms with Crippen LogP contribution in [0.4, 0.5) is 11.5 Å². The molecule has 0 unspecified atom stereocenters. The fourth-order valence-corrected chi connectivity index (χ4v) is 3.62. The number of hydrogen-bond acceptors (Lipinski definition) is 6. The minimum Gasteiger partial charge on any atom is -0.355 e. The molecule has 1 aromatic heterocycles. The average molecular weight is 382 g/mol. The molecule has 0 aliphatic carbocycles. The lowest BCUT2D eigenvalue weighted by Gasteiger charge is -2.37. The van der Waals surface area contributed by atoms with Gasteiger partial charge >= 0.3 is 0 Å². The Bertz CT molecular complexity index is 805. The topological polar surface area (TPSA) is 76.6 Å². The third kappa shape index (κ3) is 4.00. The van der Waals surface area contributed by atoms with Gasteiger partial charge in [-0.05, 0) is 35.7 Å². The Balaban J connectivity index is 1.35. The quantitative estimate of drug-likeness (QED) is 0.875. The normalized spacial score (nSPS) is 18.6. The molecule has 0 radical (unpaired) electrons. The van der Waals surface area contributed by atoms with Crippen molar-refractivity contribution in [2.24, 2.45) is 0 Å². The van der Waals surface area contributed by atoms with E-state index in [0.717, 1.165) is 37.4 Å². The standard InChI is InChI=1S/C21H26N4O3/c1-15(2)16-3-5-17(6-4-16)22-20(26)18-7-8-19(24-23-18)25-11-9-21(10-12-25)27-13-14-28-21/h3-8,15H,9-14H2,1-2H3,(H,22,26). The highest BCUT2D eigenvalue weighted by Gasteiger charge is 2.40. The molecule has 2 saturated heterocycles. The molecule has 2 aliphatic rings. The molecule has 0 atom stereocenters. The monoisotopic (exact) mass is 382 g/mol. The van der Waals surface area contributed by atoms with E-state index in [9.17, 15) is 4.79 Å². The van der Waals surface area contributed by atoms with E-state index in [4.69, 9.17) is 9.47 Å². The van der Waals surface area contributed by atoms with Crippen LogP contribution in [-0.4, -0.2) is 48.2 Å². The summed E-state index contributed by atoms with van der Waals surface area (Å²) < 4.78 is 11.5. The largest absolute Gasteiger partial charge is 0.355 e. The Labute approximate surface area is 165 Å². The SMILES string of the molecule is CC(C)c1ccc(NC(=O)c2ccc(N3CCC4(CC3)OCCO4)nn2)cc1. The van der Waals surface area contributed by atoms with Crippen LogP contribution in [0.3, 0.4) is 0 Å². The van der Waals surface area contributed by atoms with E-state index in [0.29, 0.717) is 24.8 Å². The van der Waals surface area contributed by atoms with Crippen molar-refractivity contribution in [1.29, 1.82) is 0 Å². The first-order chi connectivity index (χ1) is 13.5. The molecule has 2 aromatic rings. The van der Waals surface area contributed by atoms with Crippen LogP contribution in [0.15, 0.2) is 36.4 Å². The molecule has 1 amide bonds. The lowest BCUT2D eigenvalue weighted by Crippen LogP contribution is -2.45. The van der Waals surface area contributed by atoms with Gasteiger partial charge in [0.1, 0.15) is 0 Å². The van der Waals surface area contributed by atoms with Gasteiger partial charge in [-0.3, -0.25) is 4.79 Å². The summed E-state index contributed by atoms with van der Waals surface area (Å²) in [6, 6.07) is 11.4. The van der Waals surface area contributed by atoms with Crippen LogP contribution in [0.5, 0.6) is 0 Å². The molecular weight excluding hydrogens is 356 g/mol. The first kappa shape index (κ1) is 18.8. The van der Waals surface area contributed by atoms with Crippen molar-refractivity contribution in [2.45, 2.75) is 38.4 Å². The third-order valence-corrected chi connectivity index (χ3v) is 5.38. The molecule has 7 heteroatoms. The van der Waals surface area contributed by atoms with Gasteiger partial charge < -0.3 is 19.7 Å². The predicted octanol–water partition coefficient (Wildman–Crippen LogP) is 3.20. The number of ether oxygens (including phenoxy) is 2. The summed E-state index contributed by atoms with van der Waals surface area (Å²) in [5.41, 5.74) is 2.28. The summed E-state index contributed by atoms with van der Waals surface area (Å²) in [7, 11) is 0. The van der Waals surface area contributed by atoms with Gasteiger partial charge in [0.2, 0.25) is 0 Å². The molecule has 1 aromatic carbocycles. The molecule has 0 bridgehead atoms. The molecular formula is C21H26N4O3. The number of carbonyl (C=O) groups is 1. The Morgan fingerprint density at radius 3 is 2.29 bits per heavy atom. The first-order valence-corrected chi connectivity index (χ1v) is 9.83. The van der Waals surface area contributed by atoms with Crippen molar-refractivity contribution in [3.63, 3.8) is 0 Å². The van der Waals surface area contributed by atoms with Crippen molar-refractivity contribution < 1.29 is 14.3 Å². The van der Waals surface area contributed by atoms with Crippen LogP contribution in [0, 0.1) is 0 Å². The van der Waals surface area contributed by atoms with Crippen LogP contribution < -0.4 is 10.2 Å². The Morgan fingerprint density at radius 2 is 1.71 bits per heavy atom. The van der Waals surface area contributed by atoms with Gasteiger partial charge in [0, 0.05) is 31.6 Å². The van der Waals surface area contributed by atoms with Crippen molar-refractivity contribution >= 4 is 17.4 Å². The molecule has 1 N–H and O–H groups in total. The van der Waals surface area contributed by atoms with Gasteiger partial charge in [-0.25, -0.2) is 0 Å². The fraction of sp³-hybridized carbons (Fsp3) is 0.476. The van der Waals surface area contributed by atoms with E-state index in [1.54, 1.807) is 6.07 Å². The maximum atomic E-state index is 12.4. The predicted molar refractivity (Wildman–Crippen MR) is 107 cm³/mol. The molecule has 3 heterocycles. The zero-order valence-electron chi connectivity index (χ0n) is 16.4. The van der Waals surface area contributed by atoms with Gasteiger partial charge in [-0.1, -0.05) is 26.0 Å². The van der Waals surface area contributed by atoms with E-state index >= 15 is 0 Å². The molecule has 1 spiro atoms. The summed E-state index contributed by atoms with van der Waals surface area (Å²) in [5, 5.41) is 11.2. The van der Waals surface area contributed by atoms with Crippen LogP contribution in [-0.2, 0) is 9.47 Å². The summed E-state index contributed by atoms with van der Waals surface area (Å²) in [4.78, 5) is 14.6. The summed E-state index contributed by atoms with van der Waals surface area (Å²) in [6.07, 6.45) is 1.62. The maximum Gasteiger partial charge on any atom is 0.276 e. The number of anilines is 2. The molecule has 2 aliphatic heterocycles. The van der Waals surface area contributed by atoms with Gasteiger partial charge in [0.05, 0.1) is 13.2 Å². The van der Waals surface area contributed by atoms with Crippen LogP contribution in [0.25, 0.3) is 0 Å². The van der Waals surface area contributed by atoms with Gasteiger partial charge in [0.15, 0.2) is 17.3 Å².